The summed E-state index contributed by atoms with van der Waals surface area (Å²) in [5.41, 5.74) is 5.63. The first-order valence-electron chi connectivity index (χ1n) is 5.08. The SMILES string of the molecule is COC1CC(Nc2cc(N)nc(C)n2)C1. The zero-order valence-electron chi connectivity index (χ0n) is 9.03. The second kappa shape index (κ2) is 4.02. The Morgan fingerprint density at radius 2 is 2.20 bits per heavy atom. The van der Waals surface area contributed by atoms with Crippen molar-refractivity contribution in [2.24, 2.45) is 0 Å². The first kappa shape index (κ1) is 10.2. The summed E-state index contributed by atoms with van der Waals surface area (Å²) >= 11 is 0. The number of nitrogens with two attached hydrogens (primary N) is 1. The summed E-state index contributed by atoms with van der Waals surface area (Å²) in [5, 5.41) is 3.31. The van der Waals surface area contributed by atoms with Gasteiger partial charge < -0.3 is 15.8 Å². The molecular formula is C10H16N4O. The Kier molecular flexibility index (Phi) is 2.73. The molecule has 3 N–H and O–H groups in total. The van der Waals surface area contributed by atoms with Gasteiger partial charge in [0.15, 0.2) is 0 Å². The van der Waals surface area contributed by atoms with Crippen molar-refractivity contribution in [3.8, 4) is 0 Å². The van der Waals surface area contributed by atoms with E-state index in [0.29, 0.717) is 23.8 Å². The highest BCUT2D eigenvalue weighted by atomic mass is 16.5. The topological polar surface area (TPSA) is 73.1 Å². The number of nitrogen functional groups attached to an aromatic ring is 1. The number of nitrogens with zero attached hydrogens (tertiary/aromatic N) is 2. The lowest BCUT2D eigenvalue weighted by atomic mass is 9.89. The lowest BCUT2D eigenvalue weighted by Crippen LogP contribution is -2.40. The van der Waals surface area contributed by atoms with E-state index in [-0.39, 0.29) is 0 Å². The van der Waals surface area contributed by atoms with Gasteiger partial charge >= 0.3 is 0 Å². The van der Waals surface area contributed by atoms with Gasteiger partial charge in [-0.05, 0) is 19.8 Å². The third kappa shape index (κ3) is 2.36. The summed E-state index contributed by atoms with van der Waals surface area (Å²) in [6.07, 6.45) is 2.45. The van der Waals surface area contributed by atoms with Crippen LogP contribution in [0, 0.1) is 6.92 Å². The van der Waals surface area contributed by atoms with Gasteiger partial charge in [0.1, 0.15) is 17.5 Å². The average Bonchev–Trinajstić information content (AvgIpc) is 2.08. The molecule has 1 aromatic heterocycles. The molecule has 1 aromatic rings. The monoisotopic (exact) mass is 208 g/mol. The Labute approximate surface area is 89.1 Å². The fourth-order valence-electron chi connectivity index (χ4n) is 1.75. The lowest BCUT2D eigenvalue weighted by molar-refractivity contribution is 0.0328. The number of aromatic nitrogens is 2. The molecule has 0 amide bonds. The van der Waals surface area contributed by atoms with Gasteiger partial charge in [0.05, 0.1) is 6.10 Å². The van der Waals surface area contributed by atoms with Crippen LogP contribution in [0.2, 0.25) is 0 Å². The van der Waals surface area contributed by atoms with Crippen molar-refractivity contribution in [1.29, 1.82) is 0 Å². The molecule has 15 heavy (non-hydrogen) atoms. The molecule has 0 radical (unpaired) electrons. The van der Waals surface area contributed by atoms with Crippen LogP contribution in [-0.2, 0) is 4.74 Å². The summed E-state index contributed by atoms with van der Waals surface area (Å²) in [6, 6.07) is 2.20. The highest BCUT2D eigenvalue weighted by molar-refractivity contribution is 5.45. The fraction of sp³-hybridized carbons (Fsp3) is 0.600. The van der Waals surface area contributed by atoms with Gasteiger partial charge in [0, 0.05) is 19.2 Å². The molecule has 0 atom stereocenters. The van der Waals surface area contributed by atoms with Crippen LogP contribution in [0.15, 0.2) is 6.07 Å². The van der Waals surface area contributed by atoms with E-state index in [9.17, 15) is 0 Å². The van der Waals surface area contributed by atoms with Crippen LogP contribution >= 0.6 is 0 Å². The summed E-state index contributed by atoms with van der Waals surface area (Å²) in [5.74, 6) is 2.01. The minimum Gasteiger partial charge on any atom is -0.384 e. The van der Waals surface area contributed by atoms with Gasteiger partial charge in [0.2, 0.25) is 0 Å². The molecule has 82 valence electrons. The van der Waals surface area contributed by atoms with Gasteiger partial charge in [-0.2, -0.15) is 0 Å². The quantitative estimate of drug-likeness (QED) is 0.774. The normalized spacial score (nSPS) is 24.7. The summed E-state index contributed by atoms with van der Waals surface area (Å²) in [7, 11) is 1.74. The van der Waals surface area contributed by atoms with Gasteiger partial charge in [-0.1, -0.05) is 0 Å². The van der Waals surface area contributed by atoms with E-state index in [0.717, 1.165) is 18.7 Å². The van der Waals surface area contributed by atoms with Crippen LogP contribution in [0.25, 0.3) is 0 Å². The van der Waals surface area contributed by atoms with Crippen LogP contribution in [0.5, 0.6) is 0 Å². The number of ether oxygens (including phenoxy) is 1. The van der Waals surface area contributed by atoms with E-state index in [4.69, 9.17) is 10.5 Å². The van der Waals surface area contributed by atoms with Gasteiger partial charge in [0.25, 0.3) is 0 Å². The number of aryl methyl sites for hydroxylation is 1. The Bertz CT molecular complexity index is 329. The smallest absolute Gasteiger partial charge is 0.132 e. The molecule has 1 heterocycles. The maximum atomic E-state index is 5.63. The van der Waals surface area contributed by atoms with Crippen molar-refractivity contribution in [3.05, 3.63) is 11.9 Å². The van der Waals surface area contributed by atoms with Crippen LogP contribution in [0.3, 0.4) is 0 Å². The standard InChI is InChI=1S/C10H16N4O/c1-6-12-9(11)5-10(13-6)14-7-3-8(4-7)15-2/h5,7-8H,3-4H2,1-2H3,(H3,11,12,13,14). The number of methoxy groups -OCH3 is 1. The molecular weight excluding hydrogens is 192 g/mol. The number of hydrogen-bond acceptors (Lipinski definition) is 5. The van der Waals surface area contributed by atoms with E-state index in [2.05, 4.69) is 15.3 Å². The Morgan fingerprint density at radius 3 is 2.80 bits per heavy atom. The van der Waals surface area contributed by atoms with Crippen molar-refractivity contribution < 1.29 is 4.74 Å². The van der Waals surface area contributed by atoms with E-state index < -0.39 is 0 Å². The second-order valence-electron chi connectivity index (χ2n) is 3.90. The zero-order chi connectivity index (χ0) is 10.8. The van der Waals surface area contributed by atoms with Gasteiger partial charge in [-0.15, -0.1) is 0 Å². The third-order valence-corrected chi connectivity index (χ3v) is 2.64. The summed E-state index contributed by atoms with van der Waals surface area (Å²) < 4.78 is 5.20. The molecule has 0 spiro atoms. The van der Waals surface area contributed by atoms with E-state index in [1.807, 2.05) is 6.92 Å². The van der Waals surface area contributed by atoms with Crippen molar-refractivity contribution in [2.45, 2.75) is 31.9 Å². The number of anilines is 2. The van der Waals surface area contributed by atoms with E-state index >= 15 is 0 Å². The predicted molar refractivity (Wildman–Crippen MR) is 58.6 cm³/mol. The Balaban J connectivity index is 1.94. The maximum absolute atomic E-state index is 5.63. The van der Waals surface area contributed by atoms with Crippen LogP contribution in [0.1, 0.15) is 18.7 Å². The largest absolute Gasteiger partial charge is 0.384 e. The summed E-state index contributed by atoms with van der Waals surface area (Å²) in [4.78, 5) is 8.28. The fourth-order valence-corrected chi connectivity index (χ4v) is 1.75. The summed E-state index contributed by atoms with van der Waals surface area (Å²) in [6.45, 7) is 1.83. The lowest BCUT2D eigenvalue weighted by Gasteiger charge is -2.34. The molecule has 1 saturated carbocycles. The van der Waals surface area contributed by atoms with Gasteiger partial charge in [-0.25, -0.2) is 9.97 Å². The highest BCUT2D eigenvalue weighted by Crippen LogP contribution is 2.25. The molecule has 0 aromatic carbocycles. The molecule has 0 saturated heterocycles. The molecule has 5 heteroatoms. The first-order valence-corrected chi connectivity index (χ1v) is 5.08. The second-order valence-corrected chi connectivity index (χ2v) is 3.90. The Morgan fingerprint density at radius 1 is 1.47 bits per heavy atom. The van der Waals surface area contributed by atoms with Crippen LogP contribution in [-0.4, -0.2) is 29.2 Å². The number of nitrogens with one attached hydrogen (secondary N) is 1. The average molecular weight is 208 g/mol. The Hall–Kier alpha value is -1.36. The van der Waals surface area contributed by atoms with Crippen LogP contribution < -0.4 is 11.1 Å². The molecule has 0 unspecified atom stereocenters. The molecule has 5 nitrogen and oxygen atoms in total. The molecule has 0 bridgehead atoms. The van der Waals surface area contributed by atoms with Crippen molar-refractivity contribution >= 4 is 11.6 Å². The number of hydrogen-bond donors (Lipinski definition) is 2. The third-order valence-electron chi connectivity index (χ3n) is 2.64. The highest BCUT2D eigenvalue weighted by Gasteiger charge is 2.29. The van der Waals surface area contributed by atoms with Crippen molar-refractivity contribution in [2.75, 3.05) is 18.2 Å². The predicted octanol–water partition coefficient (Wildman–Crippen LogP) is 0.957. The van der Waals surface area contributed by atoms with Crippen molar-refractivity contribution in [3.63, 3.8) is 0 Å². The van der Waals surface area contributed by atoms with E-state index in [1.54, 1.807) is 13.2 Å². The molecule has 0 aliphatic heterocycles. The van der Waals surface area contributed by atoms with Crippen molar-refractivity contribution in [1.82, 2.24) is 9.97 Å². The van der Waals surface area contributed by atoms with E-state index in [1.165, 1.54) is 0 Å². The zero-order valence-corrected chi connectivity index (χ0v) is 9.03. The molecule has 1 aliphatic carbocycles. The minimum absolute atomic E-state index is 0.391. The minimum atomic E-state index is 0.391. The number of rotatable bonds is 3. The first-order chi connectivity index (χ1) is 7.17. The van der Waals surface area contributed by atoms with Gasteiger partial charge in [-0.3, -0.25) is 0 Å². The molecule has 1 aliphatic rings. The van der Waals surface area contributed by atoms with Crippen LogP contribution in [0.4, 0.5) is 11.6 Å². The molecule has 1 fully saturated rings. The maximum Gasteiger partial charge on any atom is 0.132 e. The molecule has 2 rings (SSSR count).